The van der Waals surface area contributed by atoms with E-state index < -0.39 is 24.5 Å². The Morgan fingerprint density at radius 2 is 2.13 bits per heavy atom. The summed E-state index contributed by atoms with van der Waals surface area (Å²) < 4.78 is 10.5. The van der Waals surface area contributed by atoms with Crippen molar-refractivity contribution >= 4 is 0 Å². The predicted molar refractivity (Wildman–Crippen MR) is 49.6 cm³/mol. The van der Waals surface area contributed by atoms with Crippen LogP contribution < -0.4 is 0 Å². The summed E-state index contributed by atoms with van der Waals surface area (Å²) in [6, 6.07) is 0. The number of hydrogen-bond acceptors (Lipinski definition) is 6. The van der Waals surface area contributed by atoms with E-state index in [1.807, 2.05) is 0 Å². The summed E-state index contributed by atoms with van der Waals surface area (Å²) in [6.07, 6.45) is 0.0556. The van der Waals surface area contributed by atoms with Crippen LogP contribution in [-0.4, -0.2) is 64.7 Å². The largest absolute Gasteiger partial charge is 0.394 e. The number of aliphatic hydroxyl groups is 3. The van der Waals surface area contributed by atoms with E-state index in [0.717, 1.165) is 0 Å². The number of ether oxygens (including phenoxy) is 2. The highest BCUT2D eigenvalue weighted by Gasteiger charge is 2.44. The van der Waals surface area contributed by atoms with Crippen LogP contribution in [0.1, 0.15) is 0 Å². The molecule has 2 heterocycles. The Hall–Kier alpha value is -0.660. The average molecular weight is 217 g/mol. The Morgan fingerprint density at radius 1 is 1.33 bits per heavy atom. The van der Waals surface area contributed by atoms with Gasteiger partial charge in [0, 0.05) is 6.20 Å². The lowest BCUT2D eigenvalue weighted by Gasteiger charge is -2.30. The SMILES string of the molecule is OCC1OC(N2C=CCOC2)C(O)C1O. The maximum atomic E-state index is 9.69. The molecule has 0 aromatic rings. The summed E-state index contributed by atoms with van der Waals surface area (Å²) in [5.74, 6) is 0. The maximum Gasteiger partial charge on any atom is 0.160 e. The Bertz CT molecular complexity index is 247. The molecule has 86 valence electrons. The highest BCUT2D eigenvalue weighted by Crippen LogP contribution is 2.24. The third-order valence-corrected chi connectivity index (χ3v) is 2.60. The molecule has 1 fully saturated rings. The molecule has 0 radical (unpaired) electrons. The second-order valence-corrected chi connectivity index (χ2v) is 3.63. The summed E-state index contributed by atoms with van der Waals surface area (Å²) in [7, 11) is 0. The molecule has 2 aliphatic heterocycles. The lowest BCUT2D eigenvalue weighted by atomic mass is 10.1. The molecule has 0 saturated carbocycles. The number of nitrogens with zero attached hydrogens (tertiary/aromatic N) is 1. The van der Waals surface area contributed by atoms with E-state index in [4.69, 9.17) is 14.6 Å². The van der Waals surface area contributed by atoms with E-state index in [2.05, 4.69) is 0 Å². The van der Waals surface area contributed by atoms with E-state index >= 15 is 0 Å². The molecule has 0 bridgehead atoms. The molecule has 0 aliphatic carbocycles. The van der Waals surface area contributed by atoms with Gasteiger partial charge < -0.3 is 29.7 Å². The molecule has 6 heteroatoms. The molecule has 6 nitrogen and oxygen atoms in total. The lowest BCUT2D eigenvalue weighted by Crippen LogP contribution is -2.43. The van der Waals surface area contributed by atoms with Crippen LogP contribution in [-0.2, 0) is 9.47 Å². The summed E-state index contributed by atoms with van der Waals surface area (Å²) in [5.41, 5.74) is 0. The number of rotatable bonds is 2. The average Bonchev–Trinajstić information content (AvgIpc) is 2.57. The van der Waals surface area contributed by atoms with Gasteiger partial charge in [-0.05, 0) is 6.08 Å². The van der Waals surface area contributed by atoms with Crippen molar-refractivity contribution in [3.8, 4) is 0 Å². The summed E-state index contributed by atoms with van der Waals surface area (Å²) in [6.45, 7) is 0.529. The van der Waals surface area contributed by atoms with Crippen LogP contribution in [0.2, 0.25) is 0 Å². The fraction of sp³-hybridized carbons (Fsp3) is 0.778. The monoisotopic (exact) mass is 217 g/mol. The molecule has 2 rings (SSSR count). The molecule has 0 amide bonds. The van der Waals surface area contributed by atoms with Gasteiger partial charge in [-0.3, -0.25) is 0 Å². The Morgan fingerprint density at radius 3 is 2.67 bits per heavy atom. The normalized spacial score (nSPS) is 41.1. The number of aliphatic hydroxyl groups excluding tert-OH is 3. The Kier molecular flexibility index (Phi) is 3.22. The van der Waals surface area contributed by atoms with Gasteiger partial charge in [0.15, 0.2) is 6.23 Å². The minimum atomic E-state index is -1.06. The van der Waals surface area contributed by atoms with Gasteiger partial charge >= 0.3 is 0 Å². The van der Waals surface area contributed by atoms with E-state index in [9.17, 15) is 10.2 Å². The first-order valence-electron chi connectivity index (χ1n) is 4.86. The molecule has 0 aromatic heterocycles. The second kappa shape index (κ2) is 4.46. The molecule has 4 unspecified atom stereocenters. The summed E-state index contributed by atoms with van der Waals surface area (Å²) in [4.78, 5) is 1.65. The smallest absolute Gasteiger partial charge is 0.160 e. The second-order valence-electron chi connectivity index (χ2n) is 3.63. The zero-order chi connectivity index (χ0) is 10.8. The van der Waals surface area contributed by atoms with Gasteiger partial charge in [0.05, 0.1) is 13.2 Å². The minimum Gasteiger partial charge on any atom is -0.394 e. The van der Waals surface area contributed by atoms with Gasteiger partial charge in [-0.2, -0.15) is 0 Å². The third-order valence-electron chi connectivity index (χ3n) is 2.60. The maximum absolute atomic E-state index is 9.69. The first-order chi connectivity index (χ1) is 7.24. The van der Waals surface area contributed by atoms with Crippen LogP contribution in [0.15, 0.2) is 12.3 Å². The van der Waals surface area contributed by atoms with Crippen molar-refractivity contribution in [1.82, 2.24) is 4.90 Å². The fourth-order valence-corrected chi connectivity index (χ4v) is 1.76. The quantitative estimate of drug-likeness (QED) is 0.508. The Balaban J connectivity index is 2.03. The van der Waals surface area contributed by atoms with Crippen molar-refractivity contribution in [2.75, 3.05) is 19.9 Å². The van der Waals surface area contributed by atoms with Crippen molar-refractivity contribution in [2.45, 2.75) is 24.5 Å². The van der Waals surface area contributed by atoms with Crippen molar-refractivity contribution in [1.29, 1.82) is 0 Å². The van der Waals surface area contributed by atoms with Crippen molar-refractivity contribution in [3.63, 3.8) is 0 Å². The van der Waals surface area contributed by atoms with Gasteiger partial charge in [-0.15, -0.1) is 0 Å². The molecule has 0 aromatic carbocycles. The molecule has 15 heavy (non-hydrogen) atoms. The Labute approximate surface area is 87.3 Å². The van der Waals surface area contributed by atoms with Gasteiger partial charge in [0.1, 0.15) is 25.0 Å². The van der Waals surface area contributed by atoms with Gasteiger partial charge in [-0.25, -0.2) is 0 Å². The van der Waals surface area contributed by atoms with Crippen molar-refractivity contribution in [3.05, 3.63) is 12.3 Å². The van der Waals surface area contributed by atoms with Crippen LogP contribution in [0.25, 0.3) is 0 Å². The van der Waals surface area contributed by atoms with Gasteiger partial charge in [0.25, 0.3) is 0 Å². The fourth-order valence-electron chi connectivity index (χ4n) is 1.76. The molecule has 2 aliphatic rings. The zero-order valence-electron chi connectivity index (χ0n) is 8.19. The standard InChI is InChI=1S/C9H15NO5/c11-4-6-7(12)8(13)9(15-6)10-2-1-3-14-5-10/h1-2,6-9,11-13H,3-5H2. The first kappa shape index (κ1) is 10.8. The van der Waals surface area contributed by atoms with E-state index in [0.29, 0.717) is 13.3 Å². The van der Waals surface area contributed by atoms with E-state index in [-0.39, 0.29) is 6.61 Å². The van der Waals surface area contributed by atoms with Crippen LogP contribution in [0, 0.1) is 0 Å². The van der Waals surface area contributed by atoms with Crippen LogP contribution >= 0.6 is 0 Å². The van der Waals surface area contributed by atoms with E-state index in [1.54, 1.807) is 17.2 Å². The van der Waals surface area contributed by atoms with Gasteiger partial charge in [-0.1, -0.05) is 0 Å². The van der Waals surface area contributed by atoms with Crippen molar-refractivity contribution < 1.29 is 24.8 Å². The van der Waals surface area contributed by atoms with Crippen LogP contribution in [0.4, 0.5) is 0 Å². The molecule has 4 atom stereocenters. The summed E-state index contributed by atoms with van der Waals surface area (Å²) >= 11 is 0. The minimum absolute atomic E-state index is 0.309. The topological polar surface area (TPSA) is 82.4 Å². The highest BCUT2D eigenvalue weighted by molar-refractivity contribution is 4.95. The zero-order valence-corrected chi connectivity index (χ0v) is 8.19. The molecule has 0 spiro atoms. The van der Waals surface area contributed by atoms with E-state index in [1.165, 1.54) is 0 Å². The molecular weight excluding hydrogens is 202 g/mol. The summed E-state index contributed by atoms with van der Waals surface area (Å²) in [5, 5.41) is 28.1. The molecule has 3 N–H and O–H groups in total. The van der Waals surface area contributed by atoms with Gasteiger partial charge in [0.2, 0.25) is 0 Å². The van der Waals surface area contributed by atoms with Crippen LogP contribution in [0.3, 0.4) is 0 Å². The lowest BCUT2D eigenvalue weighted by molar-refractivity contribution is -0.115. The molecular formula is C9H15NO5. The van der Waals surface area contributed by atoms with Crippen molar-refractivity contribution in [2.24, 2.45) is 0 Å². The molecule has 1 saturated heterocycles. The highest BCUT2D eigenvalue weighted by atomic mass is 16.6. The first-order valence-corrected chi connectivity index (χ1v) is 4.86. The van der Waals surface area contributed by atoms with Crippen LogP contribution in [0.5, 0.6) is 0 Å². The third kappa shape index (κ3) is 1.99. The predicted octanol–water partition coefficient (Wildman–Crippen LogP) is -1.77. The number of hydrogen-bond donors (Lipinski definition) is 3.